The van der Waals surface area contributed by atoms with Crippen molar-refractivity contribution in [1.29, 1.82) is 0 Å². The van der Waals surface area contributed by atoms with Crippen molar-refractivity contribution < 1.29 is 8.42 Å². The van der Waals surface area contributed by atoms with Crippen molar-refractivity contribution in [3.05, 3.63) is 52.5 Å². The number of nitrogens with two attached hydrogens (primary N) is 2. The third-order valence-corrected chi connectivity index (χ3v) is 4.46. The molecule has 0 radical (unpaired) electrons. The number of hydrogen-bond donors (Lipinski definition) is 3. The summed E-state index contributed by atoms with van der Waals surface area (Å²) in [6.07, 6.45) is 0. The van der Waals surface area contributed by atoms with Crippen LogP contribution in [0.4, 0.5) is 11.4 Å². The molecule has 0 unspecified atom stereocenters. The first kappa shape index (κ1) is 14.8. The fourth-order valence-electron chi connectivity index (χ4n) is 1.71. The molecule has 20 heavy (non-hydrogen) atoms. The number of benzene rings is 2. The summed E-state index contributed by atoms with van der Waals surface area (Å²) < 4.78 is 23.4. The van der Waals surface area contributed by atoms with Gasteiger partial charge in [0.1, 0.15) is 0 Å². The van der Waals surface area contributed by atoms with Crippen LogP contribution in [0.25, 0.3) is 0 Å². The first-order chi connectivity index (χ1) is 9.38. The maximum Gasteiger partial charge on any atom is 0.238 e. The molecule has 106 valence electrons. The van der Waals surface area contributed by atoms with Crippen LogP contribution in [0.5, 0.6) is 0 Å². The van der Waals surface area contributed by atoms with Gasteiger partial charge in [0.05, 0.1) is 16.3 Å². The van der Waals surface area contributed by atoms with E-state index in [1.807, 2.05) is 24.3 Å². The molecule has 2 aromatic carbocycles. The molecule has 0 saturated heterocycles. The van der Waals surface area contributed by atoms with Crippen molar-refractivity contribution in [3.8, 4) is 0 Å². The van der Waals surface area contributed by atoms with Gasteiger partial charge in [0.15, 0.2) is 0 Å². The number of halogens is 1. The van der Waals surface area contributed by atoms with Crippen LogP contribution in [-0.4, -0.2) is 8.42 Å². The molecule has 2 aromatic rings. The van der Waals surface area contributed by atoms with Gasteiger partial charge in [0.2, 0.25) is 10.0 Å². The lowest BCUT2D eigenvalue weighted by molar-refractivity contribution is 0.598. The molecule has 2 rings (SSSR count). The average Bonchev–Trinajstić information content (AvgIpc) is 2.38. The van der Waals surface area contributed by atoms with Gasteiger partial charge in [0.25, 0.3) is 0 Å². The van der Waals surface area contributed by atoms with Gasteiger partial charge >= 0.3 is 0 Å². The zero-order valence-electron chi connectivity index (χ0n) is 10.5. The predicted molar refractivity (Wildman–Crippen MR) is 83.7 cm³/mol. The Kier molecular flexibility index (Phi) is 4.32. The van der Waals surface area contributed by atoms with Gasteiger partial charge in [-0.1, -0.05) is 34.1 Å². The summed E-state index contributed by atoms with van der Waals surface area (Å²) in [6, 6.07) is 12.2. The number of rotatable bonds is 4. The molecule has 0 aliphatic carbocycles. The van der Waals surface area contributed by atoms with Gasteiger partial charge in [-0.15, -0.1) is 0 Å². The van der Waals surface area contributed by atoms with Gasteiger partial charge in [-0.3, -0.25) is 0 Å². The molecule has 0 aromatic heterocycles. The fraction of sp³-hybridized carbons (Fsp3) is 0.0769. The molecule has 0 amide bonds. The summed E-state index contributed by atoms with van der Waals surface area (Å²) in [4.78, 5) is 0.00133. The van der Waals surface area contributed by atoms with E-state index >= 15 is 0 Å². The normalized spacial score (nSPS) is 11.3. The third kappa shape index (κ3) is 3.50. The molecule has 0 fully saturated rings. The standard InChI is InChI=1S/C13H14BrN3O2S/c14-11-4-2-1-3-9(11)8-17-13-6-5-10(7-12(13)15)20(16,18)19/h1-7,17H,8,15H2,(H2,16,18,19). The molecular formula is C13H14BrN3O2S. The van der Waals surface area contributed by atoms with Crippen LogP contribution < -0.4 is 16.2 Å². The molecule has 0 aliphatic rings. The van der Waals surface area contributed by atoms with Crippen molar-refractivity contribution in [2.75, 3.05) is 11.1 Å². The molecule has 0 saturated carbocycles. The molecule has 7 heteroatoms. The first-order valence-electron chi connectivity index (χ1n) is 5.77. The minimum atomic E-state index is -3.73. The molecule has 5 N–H and O–H groups in total. The predicted octanol–water partition coefficient (Wildman–Crippen LogP) is 2.29. The van der Waals surface area contributed by atoms with Crippen molar-refractivity contribution in [2.24, 2.45) is 5.14 Å². The molecule has 5 nitrogen and oxygen atoms in total. The molecule has 0 atom stereocenters. The van der Waals surface area contributed by atoms with E-state index in [4.69, 9.17) is 10.9 Å². The quantitative estimate of drug-likeness (QED) is 0.732. The number of nitrogen functional groups attached to an aromatic ring is 1. The van der Waals surface area contributed by atoms with Crippen molar-refractivity contribution in [3.63, 3.8) is 0 Å². The summed E-state index contributed by atoms with van der Waals surface area (Å²) in [7, 11) is -3.73. The molecule has 0 aliphatic heterocycles. The van der Waals surface area contributed by atoms with Gasteiger partial charge in [-0.25, -0.2) is 13.6 Å². The van der Waals surface area contributed by atoms with Crippen molar-refractivity contribution in [2.45, 2.75) is 11.4 Å². The third-order valence-electron chi connectivity index (χ3n) is 2.78. The zero-order valence-corrected chi connectivity index (χ0v) is 12.9. The van der Waals surface area contributed by atoms with Crippen LogP contribution >= 0.6 is 15.9 Å². The maximum atomic E-state index is 11.2. The number of hydrogen-bond acceptors (Lipinski definition) is 4. The highest BCUT2D eigenvalue weighted by molar-refractivity contribution is 9.10. The highest BCUT2D eigenvalue weighted by atomic mass is 79.9. The van der Waals surface area contributed by atoms with E-state index in [-0.39, 0.29) is 4.90 Å². The Bertz CT molecular complexity index is 732. The van der Waals surface area contributed by atoms with E-state index < -0.39 is 10.0 Å². The lowest BCUT2D eigenvalue weighted by atomic mass is 10.2. The maximum absolute atomic E-state index is 11.2. The topological polar surface area (TPSA) is 98.2 Å². The number of nitrogens with one attached hydrogen (secondary N) is 1. The second-order valence-corrected chi connectivity index (χ2v) is 6.65. The van der Waals surface area contributed by atoms with Crippen LogP contribution in [0.1, 0.15) is 5.56 Å². The lowest BCUT2D eigenvalue weighted by Gasteiger charge is -2.11. The Morgan fingerprint density at radius 1 is 1.15 bits per heavy atom. The first-order valence-corrected chi connectivity index (χ1v) is 8.11. The van der Waals surface area contributed by atoms with E-state index in [2.05, 4.69) is 21.2 Å². The highest BCUT2D eigenvalue weighted by Crippen LogP contribution is 2.24. The Morgan fingerprint density at radius 3 is 2.45 bits per heavy atom. The summed E-state index contributed by atoms with van der Waals surface area (Å²) in [5.74, 6) is 0. The van der Waals surface area contributed by atoms with E-state index in [0.717, 1.165) is 10.0 Å². The Morgan fingerprint density at radius 2 is 1.85 bits per heavy atom. The summed E-state index contributed by atoms with van der Waals surface area (Å²) in [5.41, 5.74) is 7.89. The SMILES string of the molecule is Nc1cc(S(N)(=O)=O)ccc1NCc1ccccc1Br. The Hall–Kier alpha value is -1.57. The second-order valence-electron chi connectivity index (χ2n) is 4.24. The smallest absolute Gasteiger partial charge is 0.238 e. The van der Waals surface area contributed by atoms with Crippen molar-refractivity contribution >= 4 is 37.3 Å². The fourth-order valence-corrected chi connectivity index (χ4v) is 2.68. The summed E-state index contributed by atoms with van der Waals surface area (Å²) in [6.45, 7) is 0.570. The number of primary sulfonamides is 1. The Labute approximate surface area is 126 Å². The molecule has 0 heterocycles. The molecular weight excluding hydrogens is 342 g/mol. The largest absolute Gasteiger partial charge is 0.397 e. The zero-order chi connectivity index (χ0) is 14.8. The van der Waals surface area contributed by atoms with Crippen LogP contribution in [-0.2, 0) is 16.6 Å². The minimum absolute atomic E-state index is 0.00133. The highest BCUT2D eigenvalue weighted by Gasteiger charge is 2.10. The molecule has 0 spiro atoms. The monoisotopic (exact) mass is 355 g/mol. The van der Waals surface area contributed by atoms with Gasteiger partial charge < -0.3 is 11.1 Å². The average molecular weight is 356 g/mol. The van der Waals surface area contributed by atoms with Gasteiger partial charge in [0, 0.05) is 11.0 Å². The Balaban J connectivity index is 2.17. The van der Waals surface area contributed by atoms with E-state index in [1.165, 1.54) is 12.1 Å². The number of anilines is 2. The van der Waals surface area contributed by atoms with Crippen LogP contribution in [0, 0.1) is 0 Å². The van der Waals surface area contributed by atoms with Gasteiger partial charge in [-0.2, -0.15) is 0 Å². The van der Waals surface area contributed by atoms with Crippen LogP contribution in [0.15, 0.2) is 51.8 Å². The van der Waals surface area contributed by atoms with E-state index in [9.17, 15) is 8.42 Å². The van der Waals surface area contributed by atoms with Crippen LogP contribution in [0.3, 0.4) is 0 Å². The second kappa shape index (κ2) is 5.82. The van der Waals surface area contributed by atoms with E-state index in [0.29, 0.717) is 17.9 Å². The lowest BCUT2D eigenvalue weighted by Crippen LogP contribution is -2.13. The summed E-state index contributed by atoms with van der Waals surface area (Å²) in [5, 5.41) is 8.21. The molecule has 0 bridgehead atoms. The van der Waals surface area contributed by atoms with Crippen LogP contribution in [0.2, 0.25) is 0 Å². The summed E-state index contributed by atoms with van der Waals surface area (Å²) >= 11 is 3.46. The minimum Gasteiger partial charge on any atom is -0.397 e. The number of sulfonamides is 1. The van der Waals surface area contributed by atoms with Crippen molar-refractivity contribution in [1.82, 2.24) is 0 Å². The van der Waals surface area contributed by atoms with E-state index in [1.54, 1.807) is 6.07 Å². The van der Waals surface area contributed by atoms with Gasteiger partial charge in [-0.05, 0) is 29.8 Å².